The third-order valence-electron chi connectivity index (χ3n) is 3.01. The van der Waals surface area contributed by atoms with E-state index in [1.54, 1.807) is 6.92 Å². The van der Waals surface area contributed by atoms with Gasteiger partial charge in [0.1, 0.15) is 0 Å². The van der Waals surface area contributed by atoms with Gasteiger partial charge in [-0.05, 0) is 18.1 Å². The largest absolute Gasteiger partial charge is 0.871 e. The van der Waals surface area contributed by atoms with Crippen LogP contribution in [0, 0.1) is 27.2 Å². The first kappa shape index (κ1) is 16.6. The highest BCUT2D eigenvalue weighted by molar-refractivity contribution is 9.10. The van der Waals surface area contributed by atoms with Crippen molar-refractivity contribution in [2.75, 3.05) is 0 Å². The normalized spacial score (nSPS) is 10.9. The van der Waals surface area contributed by atoms with Crippen molar-refractivity contribution in [1.82, 2.24) is 0 Å². The van der Waals surface area contributed by atoms with Gasteiger partial charge in [-0.25, -0.2) is 0 Å². The Morgan fingerprint density at radius 2 is 1.74 bits per heavy atom. The maximum atomic E-state index is 12.0. The number of nitro benzene ring substituents is 2. The van der Waals surface area contributed by atoms with Crippen LogP contribution in [-0.2, 0) is 0 Å². The molecule has 9 heteroatoms. The first-order valence-electron chi connectivity index (χ1n) is 6.23. The van der Waals surface area contributed by atoms with Gasteiger partial charge in [0, 0.05) is 35.0 Å². The summed E-state index contributed by atoms with van der Waals surface area (Å²) in [4.78, 5) is 24.5. The molecule has 0 amide bonds. The lowest BCUT2D eigenvalue weighted by molar-refractivity contribution is -0.385. The highest BCUT2D eigenvalue weighted by atomic mass is 79.9. The zero-order chi connectivity index (χ0) is 17.1. The lowest BCUT2D eigenvalue weighted by Gasteiger charge is -2.12. The molecule has 2 rings (SSSR count). The molecule has 0 fully saturated rings. The summed E-state index contributed by atoms with van der Waals surface area (Å²) in [6, 6.07) is 6.36. The molecule has 2 aromatic carbocycles. The van der Waals surface area contributed by atoms with Crippen LogP contribution in [0.5, 0.6) is 5.75 Å². The van der Waals surface area contributed by atoms with E-state index in [2.05, 4.69) is 20.9 Å². The number of aryl methyl sites for hydroxylation is 1. The fourth-order valence-corrected chi connectivity index (χ4v) is 2.25. The van der Waals surface area contributed by atoms with Gasteiger partial charge < -0.3 is 5.11 Å². The fraction of sp³-hybridized carbons (Fsp3) is 0.0714. The third kappa shape index (κ3) is 3.69. The summed E-state index contributed by atoms with van der Waals surface area (Å²) >= 11 is 2.97. The topological polar surface area (TPSA) is 122 Å². The number of halogens is 1. The molecule has 0 unspecified atom stereocenters. The maximum absolute atomic E-state index is 12.0. The summed E-state index contributed by atoms with van der Waals surface area (Å²) in [7, 11) is 0. The molecule has 0 aromatic heterocycles. The van der Waals surface area contributed by atoms with E-state index in [-0.39, 0.29) is 21.4 Å². The summed E-state index contributed by atoms with van der Waals surface area (Å²) in [5, 5.41) is 33.6. The molecule has 0 saturated heterocycles. The lowest BCUT2D eigenvalue weighted by atomic mass is 10.1. The van der Waals surface area contributed by atoms with Crippen LogP contribution < -0.4 is 5.11 Å². The van der Waals surface area contributed by atoms with E-state index in [1.807, 2.05) is 0 Å². The zero-order valence-electron chi connectivity index (χ0n) is 11.7. The number of hydrogen-bond acceptors (Lipinski definition) is 6. The Morgan fingerprint density at radius 3 is 2.35 bits per heavy atom. The van der Waals surface area contributed by atoms with E-state index in [1.165, 1.54) is 18.2 Å². The van der Waals surface area contributed by atoms with Crippen LogP contribution in [0.15, 0.2) is 39.8 Å². The second-order valence-corrected chi connectivity index (χ2v) is 5.44. The molecule has 0 radical (unpaired) electrons. The second-order valence-electron chi connectivity index (χ2n) is 4.59. The predicted octanol–water partition coefficient (Wildman–Crippen LogP) is 3.40. The van der Waals surface area contributed by atoms with Gasteiger partial charge in [0.2, 0.25) is 0 Å². The summed E-state index contributed by atoms with van der Waals surface area (Å²) in [5.41, 5.74) is 0.598. The van der Waals surface area contributed by atoms with Gasteiger partial charge in [0.15, 0.2) is 0 Å². The monoisotopic (exact) mass is 378 g/mol. The molecule has 118 valence electrons. The summed E-state index contributed by atoms with van der Waals surface area (Å²) in [5.74, 6) is -0.456. The lowest BCUT2D eigenvalue weighted by Crippen LogP contribution is -2.00. The fourth-order valence-electron chi connectivity index (χ4n) is 1.79. The minimum absolute atomic E-state index is 0.0111. The first-order valence-corrected chi connectivity index (χ1v) is 7.03. The Hall–Kier alpha value is -2.81. The second kappa shape index (κ2) is 6.53. The van der Waals surface area contributed by atoms with Crippen LogP contribution in [0.25, 0.3) is 0 Å². The quantitative estimate of drug-likeness (QED) is 0.458. The Morgan fingerprint density at radius 1 is 1.09 bits per heavy atom. The number of benzene rings is 2. The van der Waals surface area contributed by atoms with Crippen LogP contribution in [0.3, 0.4) is 0 Å². The van der Waals surface area contributed by atoms with E-state index in [0.29, 0.717) is 11.3 Å². The molecule has 0 saturated carbocycles. The van der Waals surface area contributed by atoms with Crippen molar-refractivity contribution < 1.29 is 15.0 Å². The van der Waals surface area contributed by atoms with Crippen molar-refractivity contribution in [1.29, 1.82) is 0 Å². The average Bonchev–Trinajstić information content (AvgIpc) is 2.49. The number of rotatable bonds is 4. The molecule has 0 aliphatic rings. The Kier molecular flexibility index (Phi) is 4.70. The average molecular weight is 379 g/mol. The van der Waals surface area contributed by atoms with Crippen LogP contribution in [0.2, 0.25) is 0 Å². The molecule has 23 heavy (non-hydrogen) atoms. The van der Waals surface area contributed by atoms with Gasteiger partial charge in [-0.1, -0.05) is 27.7 Å². The van der Waals surface area contributed by atoms with Gasteiger partial charge in [-0.15, -0.1) is 0 Å². The minimum atomic E-state index is -0.625. The van der Waals surface area contributed by atoms with Gasteiger partial charge in [0.25, 0.3) is 11.4 Å². The molecule has 0 N–H and O–H groups in total. The molecule has 0 bridgehead atoms. The number of nitrogens with zero attached hydrogens (tertiary/aromatic N) is 3. The van der Waals surface area contributed by atoms with Gasteiger partial charge in [0.05, 0.1) is 15.5 Å². The maximum Gasteiger partial charge on any atom is 0.271 e. The number of aliphatic imine (C=N–C) groups is 1. The van der Waals surface area contributed by atoms with Crippen molar-refractivity contribution in [3.63, 3.8) is 0 Å². The van der Waals surface area contributed by atoms with Crippen LogP contribution in [0.4, 0.5) is 17.1 Å². The summed E-state index contributed by atoms with van der Waals surface area (Å²) in [6.45, 7) is 1.71. The van der Waals surface area contributed by atoms with E-state index >= 15 is 0 Å². The molecule has 0 heterocycles. The van der Waals surface area contributed by atoms with Crippen LogP contribution >= 0.6 is 15.9 Å². The Labute approximate surface area is 138 Å². The molecular formula is C14H9BrN3O5-. The molecule has 2 aromatic rings. The first-order chi connectivity index (χ1) is 10.8. The molecule has 0 aliphatic carbocycles. The SMILES string of the molecule is Cc1ccc([N+](=O)[O-])cc1N=Cc1cc([N+](=O)[O-])cc(Br)c1[O-]. The third-order valence-corrected chi connectivity index (χ3v) is 3.60. The highest BCUT2D eigenvalue weighted by Gasteiger charge is 2.10. The van der Waals surface area contributed by atoms with Gasteiger partial charge in [-0.3, -0.25) is 25.2 Å². The van der Waals surface area contributed by atoms with E-state index in [9.17, 15) is 25.3 Å². The zero-order valence-corrected chi connectivity index (χ0v) is 13.3. The summed E-state index contributed by atoms with van der Waals surface area (Å²) < 4.78 is 0.0453. The van der Waals surface area contributed by atoms with Crippen molar-refractivity contribution in [3.8, 4) is 5.75 Å². The number of nitro groups is 2. The smallest absolute Gasteiger partial charge is 0.271 e. The van der Waals surface area contributed by atoms with Gasteiger partial charge >= 0.3 is 0 Å². The van der Waals surface area contributed by atoms with E-state index < -0.39 is 15.6 Å². The Bertz CT molecular complexity index is 835. The van der Waals surface area contributed by atoms with Crippen molar-refractivity contribution in [2.24, 2.45) is 4.99 Å². The molecule has 8 nitrogen and oxygen atoms in total. The van der Waals surface area contributed by atoms with E-state index in [0.717, 1.165) is 18.3 Å². The van der Waals surface area contributed by atoms with Crippen molar-refractivity contribution >= 4 is 39.2 Å². The Balaban J connectivity index is 2.46. The predicted molar refractivity (Wildman–Crippen MR) is 85.3 cm³/mol. The molecule has 0 spiro atoms. The number of hydrogen-bond donors (Lipinski definition) is 0. The number of non-ortho nitro benzene ring substituents is 2. The van der Waals surface area contributed by atoms with E-state index in [4.69, 9.17) is 0 Å². The minimum Gasteiger partial charge on any atom is -0.871 e. The molecule has 0 aliphatic heterocycles. The van der Waals surface area contributed by atoms with Crippen molar-refractivity contribution in [3.05, 3.63) is 66.2 Å². The molecule has 0 atom stereocenters. The molecular weight excluding hydrogens is 370 g/mol. The van der Waals surface area contributed by atoms with Crippen LogP contribution in [0.1, 0.15) is 11.1 Å². The van der Waals surface area contributed by atoms with Crippen LogP contribution in [-0.4, -0.2) is 16.1 Å². The highest BCUT2D eigenvalue weighted by Crippen LogP contribution is 2.30. The van der Waals surface area contributed by atoms with Gasteiger partial charge in [-0.2, -0.15) is 0 Å². The van der Waals surface area contributed by atoms with Crippen molar-refractivity contribution in [2.45, 2.75) is 6.92 Å². The summed E-state index contributed by atoms with van der Waals surface area (Å²) in [6.07, 6.45) is 1.16. The standard InChI is InChI=1S/C14H10BrN3O5/c1-8-2-3-10(17(20)21)6-13(8)16-7-9-4-11(18(22)23)5-12(15)14(9)19/h2-7,19H,1H3/p-1.